The van der Waals surface area contributed by atoms with Gasteiger partial charge in [-0.3, -0.25) is 4.79 Å². The van der Waals surface area contributed by atoms with Gasteiger partial charge in [-0.2, -0.15) is 4.31 Å². The molecule has 6 nitrogen and oxygen atoms in total. The monoisotopic (exact) mass is 352 g/mol. The molecule has 0 aliphatic rings. The molecule has 0 unspecified atom stereocenters. The number of nitrogens with zero attached hydrogens (tertiary/aromatic N) is 1. The zero-order chi connectivity index (χ0) is 17.7. The van der Waals surface area contributed by atoms with Crippen LogP contribution in [0.4, 0.5) is 10.1 Å². The number of methoxy groups -OCH3 is 1. The predicted octanol–water partition coefficient (Wildman–Crippen LogP) is 2.09. The van der Waals surface area contributed by atoms with Crippen molar-refractivity contribution in [1.29, 1.82) is 0 Å². The van der Waals surface area contributed by atoms with Crippen molar-refractivity contribution in [2.75, 3.05) is 26.0 Å². The molecular weight excluding hydrogens is 335 g/mol. The van der Waals surface area contributed by atoms with Crippen molar-refractivity contribution >= 4 is 21.6 Å². The van der Waals surface area contributed by atoms with E-state index in [4.69, 9.17) is 4.74 Å². The molecule has 0 aliphatic heterocycles. The molecular formula is C16H17FN2O4S. The van der Waals surface area contributed by atoms with E-state index >= 15 is 0 Å². The number of benzene rings is 2. The molecule has 0 saturated carbocycles. The summed E-state index contributed by atoms with van der Waals surface area (Å²) in [6, 6.07) is 11.5. The topological polar surface area (TPSA) is 75.7 Å². The van der Waals surface area contributed by atoms with Crippen LogP contribution in [-0.2, 0) is 14.8 Å². The van der Waals surface area contributed by atoms with Crippen molar-refractivity contribution in [3.05, 3.63) is 54.3 Å². The summed E-state index contributed by atoms with van der Waals surface area (Å²) < 4.78 is 44.2. The quantitative estimate of drug-likeness (QED) is 0.864. The summed E-state index contributed by atoms with van der Waals surface area (Å²) in [5.41, 5.74) is -0.00209. The summed E-state index contributed by atoms with van der Waals surface area (Å²) >= 11 is 0. The van der Waals surface area contributed by atoms with E-state index in [1.807, 2.05) is 0 Å². The van der Waals surface area contributed by atoms with E-state index in [0.29, 0.717) is 5.75 Å². The summed E-state index contributed by atoms with van der Waals surface area (Å²) in [5.74, 6) is -0.708. The van der Waals surface area contributed by atoms with Crippen molar-refractivity contribution in [2.45, 2.75) is 4.90 Å². The summed E-state index contributed by atoms with van der Waals surface area (Å²) in [7, 11) is -1.09. The Kier molecular flexibility index (Phi) is 5.53. The molecule has 24 heavy (non-hydrogen) atoms. The van der Waals surface area contributed by atoms with Gasteiger partial charge in [0.25, 0.3) is 0 Å². The average molecular weight is 352 g/mol. The summed E-state index contributed by atoms with van der Waals surface area (Å²) in [6.45, 7) is -0.442. The first-order chi connectivity index (χ1) is 11.3. The normalized spacial score (nSPS) is 11.3. The van der Waals surface area contributed by atoms with Crippen LogP contribution >= 0.6 is 0 Å². The van der Waals surface area contributed by atoms with E-state index in [0.717, 1.165) is 4.31 Å². The summed E-state index contributed by atoms with van der Waals surface area (Å²) in [6.07, 6.45) is 0. The fourth-order valence-electron chi connectivity index (χ4n) is 1.97. The molecule has 0 radical (unpaired) electrons. The minimum absolute atomic E-state index is 0.00209. The molecule has 8 heteroatoms. The number of nitrogens with one attached hydrogen (secondary N) is 1. The van der Waals surface area contributed by atoms with Crippen LogP contribution in [0, 0.1) is 5.82 Å². The fourth-order valence-corrected chi connectivity index (χ4v) is 3.09. The number of ether oxygens (including phenoxy) is 1. The Morgan fingerprint density at radius 3 is 2.38 bits per heavy atom. The van der Waals surface area contributed by atoms with Crippen LogP contribution in [0.25, 0.3) is 0 Å². The summed E-state index contributed by atoms with van der Waals surface area (Å²) in [4.78, 5) is 12.0. The lowest BCUT2D eigenvalue weighted by atomic mass is 10.3. The molecule has 1 N–H and O–H groups in total. The van der Waals surface area contributed by atoms with Crippen LogP contribution in [0.2, 0.25) is 0 Å². The van der Waals surface area contributed by atoms with Gasteiger partial charge in [0.15, 0.2) is 0 Å². The van der Waals surface area contributed by atoms with Crippen LogP contribution in [0.1, 0.15) is 0 Å². The van der Waals surface area contributed by atoms with Gasteiger partial charge in [-0.1, -0.05) is 12.1 Å². The number of carbonyl (C=O) groups is 1. The van der Waals surface area contributed by atoms with Crippen LogP contribution in [0.3, 0.4) is 0 Å². The summed E-state index contributed by atoms with van der Waals surface area (Å²) in [5, 5.41) is 2.34. The van der Waals surface area contributed by atoms with E-state index in [9.17, 15) is 17.6 Å². The molecule has 2 rings (SSSR count). The Labute approximate surface area is 139 Å². The molecule has 2 aromatic rings. The first kappa shape index (κ1) is 17.9. The minimum Gasteiger partial charge on any atom is -0.497 e. The number of amides is 1. The van der Waals surface area contributed by atoms with Gasteiger partial charge >= 0.3 is 0 Å². The molecule has 128 valence electrons. The number of sulfonamides is 1. The van der Waals surface area contributed by atoms with Gasteiger partial charge in [0.2, 0.25) is 15.9 Å². The molecule has 1 amide bonds. The zero-order valence-electron chi connectivity index (χ0n) is 13.2. The Balaban J connectivity index is 2.08. The van der Waals surface area contributed by atoms with Crippen LogP contribution in [0.5, 0.6) is 5.75 Å². The fraction of sp³-hybridized carbons (Fsp3) is 0.188. The van der Waals surface area contributed by atoms with E-state index in [1.165, 1.54) is 56.6 Å². The maximum atomic E-state index is 13.5. The number of hydrogen-bond donors (Lipinski definition) is 1. The number of rotatable bonds is 6. The highest BCUT2D eigenvalue weighted by Gasteiger charge is 2.23. The Bertz CT molecular complexity index is 822. The van der Waals surface area contributed by atoms with Crippen LogP contribution < -0.4 is 10.1 Å². The van der Waals surface area contributed by atoms with Gasteiger partial charge in [0.05, 0.1) is 24.2 Å². The number of anilines is 1. The second-order valence-corrected chi connectivity index (χ2v) is 7.01. The Morgan fingerprint density at radius 1 is 1.17 bits per heavy atom. The maximum absolute atomic E-state index is 13.5. The Morgan fingerprint density at radius 2 is 1.79 bits per heavy atom. The highest BCUT2D eigenvalue weighted by Crippen LogP contribution is 2.19. The van der Waals surface area contributed by atoms with Gasteiger partial charge in [0.1, 0.15) is 11.6 Å². The van der Waals surface area contributed by atoms with Crippen molar-refractivity contribution in [3.63, 3.8) is 0 Å². The van der Waals surface area contributed by atoms with Crippen LogP contribution in [0.15, 0.2) is 53.4 Å². The third-order valence-electron chi connectivity index (χ3n) is 3.28. The van der Waals surface area contributed by atoms with Gasteiger partial charge in [-0.15, -0.1) is 0 Å². The highest BCUT2D eigenvalue weighted by atomic mass is 32.2. The second kappa shape index (κ2) is 7.41. The van der Waals surface area contributed by atoms with E-state index in [2.05, 4.69) is 5.32 Å². The lowest BCUT2D eigenvalue weighted by Crippen LogP contribution is -2.35. The maximum Gasteiger partial charge on any atom is 0.243 e. The lowest BCUT2D eigenvalue weighted by Gasteiger charge is -2.17. The standard InChI is InChI=1S/C16H17FN2O4S/c1-19(11-16(20)18-15-6-4-3-5-14(15)17)24(21,22)13-9-7-12(23-2)8-10-13/h3-10H,11H2,1-2H3,(H,18,20). The van der Waals surface area contributed by atoms with Gasteiger partial charge < -0.3 is 10.1 Å². The zero-order valence-corrected chi connectivity index (χ0v) is 14.0. The first-order valence-corrected chi connectivity index (χ1v) is 8.43. The number of hydrogen-bond acceptors (Lipinski definition) is 4. The number of carbonyl (C=O) groups excluding carboxylic acids is 1. The molecule has 0 saturated heterocycles. The van der Waals surface area contributed by atoms with E-state index in [-0.39, 0.29) is 10.6 Å². The molecule has 0 heterocycles. The average Bonchev–Trinajstić information content (AvgIpc) is 2.57. The number of para-hydroxylation sites is 1. The minimum atomic E-state index is -3.84. The van der Waals surface area contributed by atoms with Crippen molar-refractivity contribution in [1.82, 2.24) is 4.31 Å². The highest BCUT2D eigenvalue weighted by molar-refractivity contribution is 7.89. The molecule has 0 spiro atoms. The van der Waals surface area contributed by atoms with Gasteiger partial charge in [0, 0.05) is 7.05 Å². The third-order valence-corrected chi connectivity index (χ3v) is 5.10. The second-order valence-electron chi connectivity index (χ2n) is 4.96. The van der Waals surface area contributed by atoms with E-state index in [1.54, 1.807) is 6.07 Å². The molecule has 0 bridgehead atoms. The molecule has 0 atom stereocenters. The third kappa shape index (κ3) is 4.09. The van der Waals surface area contributed by atoms with Gasteiger partial charge in [-0.25, -0.2) is 12.8 Å². The molecule has 0 aromatic heterocycles. The van der Waals surface area contributed by atoms with Crippen molar-refractivity contribution in [2.24, 2.45) is 0 Å². The SMILES string of the molecule is COc1ccc(S(=O)(=O)N(C)CC(=O)Nc2ccccc2F)cc1. The number of halogens is 1. The molecule has 0 aliphatic carbocycles. The predicted molar refractivity (Wildman–Crippen MR) is 87.8 cm³/mol. The van der Waals surface area contributed by atoms with Crippen molar-refractivity contribution < 1.29 is 22.3 Å². The van der Waals surface area contributed by atoms with Crippen LogP contribution in [-0.4, -0.2) is 39.3 Å². The smallest absolute Gasteiger partial charge is 0.243 e. The Hall–Kier alpha value is -2.45. The van der Waals surface area contributed by atoms with Gasteiger partial charge in [-0.05, 0) is 36.4 Å². The van der Waals surface area contributed by atoms with E-state index < -0.39 is 28.3 Å². The van der Waals surface area contributed by atoms with Crippen molar-refractivity contribution in [3.8, 4) is 5.75 Å². The lowest BCUT2D eigenvalue weighted by molar-refractivity contribution is -0.116. The molecule has 0 fully saturated rings. The molecule has 2 aromatic carbocycles. The largest absolute Gasteiger partial charge is 0.497 e. The number of likely N-dealkylation sites (N-methyl/N-ethyl adjacent to an activating group) is 1. The first-order valence-electron chi connectivity index (χ1n) is 6.99.